The summed E-state index contributed by atoms with van der Waals surface area (Å²) < 4.78 is 40.2. The first-order chi connectivity index (χ1) is 8.78. The number of nitrogens with one attached hydrogen (secondary N) is 1. The molecule has 1 aromatic heterocycles. The van der Waals surface area contributed by atoms with Gasteiger partial charge in [-0.2, -0.15) is 22.5 Å². The fourth-order valence-corrected chi connectivity index (χ4v) is 2.71. The largest absolute Gasteiger partial charge is 0.452 e. The molecule has 0 aliphatic heterocycles. The van der Waals surface area contributed by atoms with Crippen molar-refractivity contribution in [3.8, 4) is 0 Å². The molecule has 108 valence electrons. The average molecular weight is 295 g/mol. The average Bonchev–Trinajstić information content (AvgIpc) is 2.80. The van der Waals surface area contributed by atoms with E-state index in [0.29, 0.717) is 30.3 Å². The summed E-state index contributed by atoms with van der Waals surface area (Å²) in [5.41, 5.74) is -0.851. The molecule has 0 radical (unpaired) electrons. The molecule has 0 unspecified atom stereocenters. The molecule has 1 aromatic rings. The molecule has 1 aliphatic carbocycles. The van der Waals surface area contributed by atoms with E-state index >= 15 is 0 Å². The highest BCUT2D eigenvalue weighted by Crippen LogP contribution is 2.33. The summed E-state index contributed by atoms with van der Waals surface area (Å²) >= 11 is 0.661. The lowest BCUT2D eigenvalue weighted by Crippen LogP contribution is -2.40. The zero-order chi connectivity index (χ0) is 14.1. The molecular weight excluding hydrogens is 279 g/mol. The van der Waals surface area contributed by atoms with Crippen molar-refractivity contribution in [1.29, 1.82) is 0 Å². The Hall–Kier alpha value is -0.890. The number of rotatable bonds is 3. The molecule has 0 amide bonds. The van der Waals surface area contributed by atoms with Crippen molar-refractivity contribution in [3.05, 3.63) is 5.82 Å². The molecule has 0 spiro atoms. The molecule has 1 saturated carbocycles. The van der Waals surface area contributed by atoms with Crippen LogP contribution in [0.25, 0.3) is 0 Å². The number of alkyl halides is 3. The van der Waals surface area contributed by atoms with Crippen LogP contribution in [-0.2, 0) is 6.18 Å². The molecule has 0 atom stereocenters. The van der Waals surface area contributed by atoms with Crippen LogP contribution in [0, 0.1) is 5.92 Å². The zero-order valence-corrected chi connectivity index (χ0v) is 11.3. The summed E-state index contributed by atoms with van der Waals surface area (Å²) in [5, 5.41) is 13.1. The molecule has 2 rings (SSSR count). The molecule has 1 heterocycles. The second kappa shape index (κ2) is 5.24. The molecule has 0 saturated heterocycles. The fourth-order valence-electron chi connectivity index (χ4n) is 2.13. The Labute approximate surface area is 113 Å². The first-order valence-electron chi connectivity index (χ1n) is 6.16. The van der Waals surface area contributed by atoms with Gasteiger partial charge in [-0.15, -0.1) is 0 Å². The van der Waals surface area contributed by atoms with Gasteiger partial charge in [0.25, 0.3) is 0 Å². The standard InChI is InChI=1S/C11H16F3N3OS/c1-7-2-4-10(18,5-3-7)6-15-9-16-8(17-19-9)11(12,13)14/h7,18H,2-6H2,1H3,(H,15,16,17). The maximum absolute atomic E-state index is 12.3. The SMILES string of the molecule is CC1CCC(O)(CNc2nc(C(F)(F)F)ns2)CC1. The van der Waals surface area contributed by atoms with Crippen molar-refractivity contribution in [2.75, 3.05) is 11.9 Å². The van der Waals surface area contributed by atoms with Crippen molar-refractivity contribution in [3.63, 3.8) is 0 Å². The molecule has 19 heavy (non-hydrogen) atoms. The van der Waals surface area contributed by atoms with Gasteiger partial charge in [0.15, 0.2) is 0 Å². The summed E-state index contributed by atoms with van der Waals surface area (Å²) in [7, 11) is 0. The minimum atomic E-state index is -4.52. The van der Waals surface area contributed by atoms with Gasteiger partial charge in [-0.05, 0) is 31.6 Å². The van der Waals surface area contributed by atoms with Crippen molar-refractivity contribution < 1.29 is 18.3 Å². The van der Waals surface area contributed by atoms with Gasteiger partial charge in [0.1, 0.15) is 0 Å². The third kappa shape index (κ3) is 3.79. The lowest BCUT2D eigenvalue weighted by molar-refractivity contribution is -0.144. The van der Waals surface area contributed by atoms with Gasteiger partial charge in [0.2, 0.25) is 11.0 Å². The maximum Gasteiger partial charge on any atom is 0.452 e. The van der Waals surface area contributed by atoms with Crippen molar-refractivity contribution in [2.24, 2.45) is 5.92 Å². The number of nitrogens with zero attached hydrogens (tertiary/aromatic N) is 2. The first-order valence-corrected chi connectivity index (χ1v) is 6.93. The van der Waals surface area contributed by atoms with E-state index in [4.69, 9.17) is 0 Å². The number of halogens is 3. The summed E-state index contributed by atoms with van der Waals surface area (Å²) in [4.78, 5) is 3.37. The van der Waals surface area contributed by atoms with E-state index < -0.39 is 17.6 Å². The van der Waals surface area contributed by atoms with E-state index in [9.17, 15) is 18.3 Å². The van der Waals surface area contributed by atoms with E-state index in [-0.39, 0.29) is 11.7 Å². The van der Waals surface area contributed by atoms with E-state index in [0.717, 1.165) is 12.8 Å². The Morgan fingerprint density at radius 2 is 2.05 bits per heavy atom. The highest BCUT2D eigenvalue weighted by Gasteiger charge is 2.36. The van der Waals surface area contributed by atoms with Gasteiger partial charge in [-0.1, -0.05) is 6.92 Å². The minimum Gasteiger partial charge on any atom is -0.388 e. The summed E-state index contributed by atoms with van der Waals surface area (Å²) in [6.07, 6.45) is -1.34. The molecule has 4 nitrogen and oxygen atoms in total. The number of hydrogen-bond acceptors (Lipinski definition) is 5. The highest BCUT2D eigenvalue weighted by atomic mass is 32.1. The quantitative estimate of drug-likeness (QED) is 0.900. The van der Waals surface area contributed by atoms with Gasteiger partial charge in [-0.25, -0.2) is 0 Å². The van der Waals surface area contributed by atoms with Gasteiger partial charge in [0.05, 0.1) is 5.60 Å². The second-order valence-electron chi connectivity index (χ2n) is 5.18. The predicted molar refractivity (Wildman–Crippen MR) is 66.0 cm³/mol. The lowest BCUT2D eigenvalue weighted by atomic mass is 9.79. The van der Waals surface area contributed by atoms with Gasteiger partial charge in [0, 0.05) is 18.1 Å². The van der Waals surface area contributed by atoms with Crippen LogP contribution in [0.3, 0.4) is 0 Å². The first kappa shape index (κ1) is 14.5. The molecule has 2 N–H and O–H groups in total. The third-order valence-electron chi connectivity index (χ3n) is 3.45. The zero-order valence-electron chi connectivity index (χ0n) is 10.5. The number of anilines is 1. The van der Waals surface area contributed by atoms with E-state index in [1.165, 1.54) is 0 Å². The van der Waals surface area contributed by atoms with E-state index in [1.807, 2.05) is 0 Å². The summed E-state index contributed by atoms with van der Waals surface area (Å²) in [6, 6.07) is 0. The van der Waals surface area contributed by atoms with Gasteiger partial charge < -0.3 is 10.4 Å². The van der Waals surface area contributed by atoms with Crippen molar-refractivity contribution in [1.82, 2.24) is 9.36 Å². The lowest BCUT2D eigenvalue weighted by Gasteiger charge is -2.34. The topological polar surface area (TPSA) is 58.0 Å². The fraction of sp³-hybridized carbons (Fsp3) is 0.818. The van der Waals surface area contributed by atoms with Crippen LogP contribution in [0.5, 0.6) is 0 Å². The van der Waals surface area contributed by atoms with Crippen molar-refractivity contribution >= 4 is 16.7 Å². The highest BCUT2D eigenvalue weighted by molar-refractivity contribution is 7.09. The summed E-state index contributed by atoms with van der Waals surface area (Å²) in [5.74, 6) is -0.539. The van der Waals surface area contributed by atoms with Gasteiger partial charge in [-0.3, -0.25) is 0 Å². The monoisotopic (exact) mass is 295 g/mol. The van der Waals surface area contributed by atoms with Crippen LogP contribution >= 0.6 is 11.5 Å². The van der Waals surface area contributed by atoms with E-state index in [2.05, 4.69) is 21.6 Å². The predicted octanol–water partition coefficient (Wildman–Crippen LogP) is 2.91. The molecular formula is C11H16F3N3OS. The Bertz CT molecular complexity index is 427. The smallest absolute Gasteiger partial charge is 0.388 e. The second-order valence-corrected chi connectivity index (χ2v) is 5.93. The Balaban J connectivity index is 1.90. The van der Waals surface area contributed by atoms with Crippen LogP contribution in [-0.4, -0.2) is 26.6 Å². The van der Waals surface area contributed by atoms with Crippen molar-refractivity contribution in [2.45, 2.75) is 44.4 Å². The van der Waals surface area contributed by atoms with Crippen LogP contribution < -0.4 is 5.32 Å². The van der Waals surface area contributed by atoms with Crippen LogP contribution in [0.15, 0.2) is 0 Å². The van der Waals surface area contributed by atoms with Crippen LogP contribution in [0.1, 0.15) is 38.4 Å². The number of aromatic nitrogens is 2. The minimum absolute atomic E-state index is 0.0966. The molecule has 1 aliphatic rings. The Morgan fingerprint density at radius 1 is 1.42 bits per heavy atom. The number of aliphatic hydroxyl groups is 1. The van der Waals surface area contributed by atoms with Crippen LogP contribution in [0.4, 0.5) is 18.3 Å². The third-order valence-corrected chi connectivity index (χ3v) is 4.13. The van der Waals surface area contributed by atoms with E-state index in [1.54, 1.807) is 0 Å². The molecule has 1 fully saturated rings. The normalized spacial score (nSPS) is 28.4. The number of hydrogen-bond donors (Lipinski definition) is 2. The Morgan fingerprint density at radius 3 is 2.58 bits per heavy atom. The van der Waals surface area contributed by atoms with Gasteiger partial charge >= 0.3 is 6.18 Å². The Kier molecular flexibility index (Phi) is 4.00. The maximum atomic E-state index is 12.3. The molecule has 0 aromatic carbocycles. The molecule has 8 heteroatoms. The van der Waals surface area contributed by atoms with Crippen LogP contribution in [0.2, 0.25) is 0 Å². The molecule has 0 bridgehead atoms. The summed E-state index contributed by atoms with van der Waals surface area (Å²) in [6.45, 7) is 2.35.